The molecule has 1 aromatic heterocycles. The number of carbonyl (C=O) groups is 3. The van der Waals surface area contributed by atoms with Crippen molar-refractivity contribution in [1.82, 2.24) is 21.3 Å². The van der Waals surface area contributed by atoms with E-state index in [0.717, 1.165) is 27.6 Å². The molecule has 4 aromatic rings. The van der Waals surface area contributed by atoms with E-state index in [0.29, 0.717) is 12.2 Å². The Labute approximate surface area is 249 Å². The van der Waals surface area contributed by atoms with Crippen LogP contribution in [0.15, 0.2) is 85.1 Å². The Hall–Kier alpha value is -4.32. The Balaban J connectivity index is 1.52. The second kappa shape index (κ2) is 15.1. The first-order valence-corrected chi connectivity index (χ1v) is 13.9. The molecule has 0 aliphatic heterocycles. The number of para-hydroxylation sites is 1. The quantitative estimate of drug-likeness (QED) is 0.0754. The van der Waals surface area contributed by atoms with Crippen molar-refractivity contribution in [3.05, 3.63) is 102 Å². The van der Waals surface area contributed by atoms with E-state index < -0.39 is 34.9 Å². The summed E-state index contributed by atoms with van der Waals surface area (Å²) in [5.74, 6) is -2.14. The summed E-state index contributed by atoms with van der Waals surface area (Å²) in [5, 5.41) is 12.3. The van der Waals surface area contributed by atoms with Crippen LogP contribution in [0.2, 0.25) is 0 Å². The second-order valence-electron chi connectivity index (χ2n) is 9.83. The molecule has 0 fully saturated rings. The molecule has 3 atom stereocenters. The summed E-state index contributed by atoms with van der Waals surface area (Å²) in [6.07, 6.45) is 1.97. The molecular formula is C31H34N4O6S. The topological polar surface area (TPSA) is 142 Å². The van der Waals surface area contributed by atoms with Crippen LogP contribution in [0, 0.1) is 5.92 Å². The first-order valence-electron chi connectivity index (χ1n) is 13.4. The number of hydrogen-bond donors (Lipinski definition) is 6. The van der Waals surface area contributed by atoms with Crippen LogP contribution < -0.4 is 21.0 Å². The number of rotatable bonds is 14. The van der Waals surface area contributed by atoms with Gasteiger partial charge in [-0.15, -0.1) is 0 Å². The first kappa shape index (κ1) is 30.6. The number of H-pyrrole nitrogens is 1. The van der Waals surface area contributed by atoms with Crippen LogP contribution in [0.25, 0.3) is 10.9 Å². The fourth-order valence-corrected chi connectivity index (χ4v) is 5.09. The number of carbonyl (C=O) groups excluding carboxylic acids is 3. The fraction of sp³-hybridized carbons (Fsp3) is 0.258. The highest BCUT2D eigenvalue weighted by Crippen LogP contribution is 2.23. The van der Waals surface area contributed by atoms with Crippen molar-refractivity contribution in [3.8, 4) is 5.75 Å². The van der Waals surface area contributed by atoms with Crippen LogP contribution in [0.4, 0.5) is 0 Å². The van der Waals surface area contributed by atoms with E-state index in [2.05, 4.69) is 28.4 Å². The summed E-state index contributed by atoms with van der Waals surface area (Å²) in [6, 6.07) is 23.2. The third kappa shape index (κ3) is 8.35. The van der Waals surface area contributed by atoms with Gasteiger partial charge in [0.1, 0.15) is 11.8 Å². The standard InChI is InChI=1S/C31H34N4O6S/c1-40-23-13-11-20(12-14-23)15-28(42)25(17-29(36)34-39)30(37)33-27(16-22-18-32-26-10-6-5-9-24(22)26)31(38)35-41-19-21-7-3-2-4-8-21/h2-14,18,25,27-28,32,39,42H,15-17,19H2,1H3,(H,33,37)(H,34,36)(H,35,38)/t25-,27-,28?/m1/s1. The molecule has 11 heteroatoms. The Bertz CT molecular complexity index is 1480. The summed E-state index contributed by atoms with van der Waals surface area (Å²) >= 11 is 4.66. The van der Waals surface area contributed by atoms with E-state index >= 15 is 0 Å². The first-order chi connectivity index (χ1) is 20.4. The smallest absolute Gasteiger partial charge is 0.266 e. The van der Waals surface area contributed by atoms with E-state index in [-0.39, 0.29) is 19.4 Å². The zero-order valence-corrected chi connectivity index (χ0v) is 24.0. The van der Waals surface area contributed by atoms with Crippen molar-refractivity contribution in [2.24, 2.45) is 5.92 Å². The van der Waals surface area contributed by atoms with Crippen LogP contribution in [0.1, 0.15) is 23.1 Å². The minimum absolute atomic E-state index is 0.139. The maximum atomic E-state index is 13.7. The van der Waals surface area contributed by atoms with Gasteiger partial charge in [0.25, 0.3) is 5.91 Å². The lowest BCUT2D eigenvalue weighted by Crippen LogP contribution is -2.51. The summed E-state index contributed by atoms with van der Waals surface area (Å²) in [7, 11) is 1.57. The minimum atomic E-state index is -1.03. The van der Waals surface area contributed by atoms with Crippen molar-refractivity contribution < 1.29 is 29.2 Å². The number of aromatic nitrogens is 1. The van der Waals surface area contributed by atoms with Gasteiger partial charge in [0, 0.05) is 35.2 Å². The number of nitrogens with one attached hydrogen (secondary N) is 4. The summed E-state index contributed by atoms with van der Waals surface area (Å²) in [6.45, 7) is 0.139. The number of thiol groups is 1. The van der Waals surface area contributed by atoms with Gasteiger partial charge in [-0.25, -0.2) is 11.0 Å². The highest BCUT2D eigenvalue weighted by atomic mass is 32.1. The zero-order chi connectivity index (χ0) is 29.9. The molecule has 5 N–H and O–H groups in total. The number of methoxy groups -OCH3 is 1. The molecule has 0 radical (unpaired) electrons. The maximum absolute atomic E-state index is 13.7. The van der Waals surface area contributed by atoms with E-state index in [1.807, 2.05) is 66.7 Å². The van der Waals surface area contributed by atoms with Gasteiger partial charge < -0.3 is 15.0 Å². The summed E-state index contributed by atoms with van der Waals surface area (Å²) in [5.41, 5.74) is 7.49. The van der Waals surface area contributed by atoms with Gasteiger partial charge >= 0.3 is 0 Å². The predicted molar refractivity (Wildman–Crippen MR) is 161 cm³/mol. The fourth-order valence-electron chi connectivity index (χ4n) is 4.64. The molecule has 1 heterocycles. The van der Waals surface area contributed by atoms with Gasteiger partial charge in [0.05, 0.1) is 19.6 Å². The Morgan fingerprint density at radius 2 is 1.62 bits per heavy atom. The van der Waals surface area contributed by atoms with Crippen LogP contribution in [-0.2, 0) is 38.7 Å². The van der Waals surface area contributed by atoms with Crippen LogP contribution >= 0.6 is 12.6 Å². The molecule has 0 saturated carbocycles. The largest absolute Gasteiger partial charge is 0.497 e. The molecule has 42 heavy (non-hydrogen) atoms. The predicted octanol–water partition coefficient (Wildman–Crippen LogP) is 3.50. The Kier molecular flexibility index (Phi) is 11.0. The van der Waals surface area contributed by atoms with Crippen molar-refractivity contribution in [2.45, 2.75) is 37.2 Å². The number of benzene rings is 3. The van der Waals surface area contributed by atoms with Crippen molar-refractivity contribution in [1.29, 1.82) is 0 Å². The summed E-state index contributed by atoms with van der Waals surface area (Å²) < 4.78 is 5.20. The van der Waals surface area contributed by atoms with Gasteiger partial charge in [0.15, 0.2) is 0 Å². The molecule has 0 bridgehead atoms. The summed E-state index contributed by atoms with van der Waals surface area (Å²) in [4.78, 5) is 47.8. The van der Waals surface area contributed by atoms with Crippen LogP contribution in [0.3, 0.4) is 0 Å². The van der Waals surface area contributed by atoms with Gasteiger partial charge in [-0.2, -0.15) is 12.6 Å². The number of aromatic amines is 1. The maximum Gasteiger partial charge on any atom is 0.266 e. The zero-order valence-electron chi connectivity index (χ0n) is 23.1. The molecule has 0 aliphatic carbocycles. The molecule has 3 amide bonds. The van der Waals surface area contributed by atoms with E-state index in [1.54, 1.807) is 30.9 Å². The molecule has 0 spiro atoms. The van der Waals surface area contributed by atoms with Gasteiger partial charge in [-0.3, -0.25) is 24.4 Å². The molecule has 0 aliphatic rings. The Morgan fingerprint density at radius 3 is 2.33 bits per heavy atom. The molecular weight excluding hydrogens is 556 g/mol. The van der Waals surface area contributed by atoms with Crippen LogP contribution in [0.5, 0.6) is 5.75 Å². The monoisotopic (exact) mass is 590 g/mol. The number of fused-ring (bicyclic) bond motifs is 1. The lowest BCUT2D eigenvalue weighted by molar-refractivity contribution is -0.140. The average molecular weight is 591 g/mol. The lowest BCUT2D eigenvalue weighted by atomic mass is 9.93. The SMILES string of the molecule is COc1ccc(CC(S)[C@@H](CC(=O)NO)C(=O)N[C@H](Cc2c[nH]c3ccccc23)C(=O)NOCc2ccccc2)cc1. The average Bonchev–Trinajstić information content (AvgIpc) is 3.42. The third-order valence-electron chi connectivity index (χ3n) is 6.92. The molecule has 4 rings (SSSR count). The Morgan fingerprint density at radius 1 is 0.905 bits per heavy atom. The number of amides is 3. The highest BCUT2D eigenvalue weighted by molar-refractivity contribution is 7.81. The van der Waals surface area contributed by atoms with Gasteiger partial charge in [-0.1, -0.05) is 60.7 Å². The van der Waals surface area contributed by atoms with Crippen molar-refractivity contribution in [3.63, 3.8) is 0 Å². The third-order valence-corrected chi connectivity index (χ3v) is 7.46. The number of ether oxygens (including phenoxy) is 1. The lowest BCUT2D eigenvalue weighted by Gasteiger charge is -2.25. The van der Waals surface area contributed by atoms with Gasteiger partial charge in [-0.05, 0) is 41.3 Å². The van der Waals surface area contributed by atoms with E-state index in [4.69, 9.17) is 9.57 Å². The van der Waals surface area contributed by atoms with Crippen molar-refractivity contribution >= 4 is 41.3 Å². The highest BCUT2D eigenvalue weighted by Gasteiger charge is 2.32. The molecule has 10 nitrogen and oxygen atoms in total. The number of hydrogen-bond acceptors (Lipinski definition) is 7. The van der Waals surface area contributed by atoms with E-state index in [1.165, 1.54) is 0 Å². The second-order valence-corrected chi connectivity index (χ2v) is 10.5. The molecule has 0 saturated heterocycles. The van der Waals surface area contributed by atoms with Crippen LogP contribution in [-0.4, -0.2) is 46.3 Å². The van der Waals surface area contributed by atoms with E-state index in [9.17, 15) is 19.6 Å². The normalized spacial score (nSPS) is 13.1. The molecule has 220 valence electrons. The van der Waals surface area contributed by atoms with Crippen molar-refractivity contribution in [2.75, 3.05) is 7.11 Å². The molecule has 1 unspecified atom stereocenters. The molecule has 3 aromatic carbocycles. The van der Waals surface area contributed by atoms with Gasteiger partial charge in [0.2, 0.25) is 11.8 Å². The minimum Gasteiger partial charge on any atom is -0.497 e. The number of hydroxylamine groups is 2.